The zero-order chi connectivity index (χ0) is 13.4. The average molecular weight is 260 g/mol. The third kappa shape index (κ3) is 3.82. The Hall–Kier alpha value is -2.50. The summed E-state index contributed by atoms with van der Waals surface area (Å²) in [7, 11) is 0. The van der Waals surface area contributed by atoms with Crippen molar-refractivity contribution in [3.63, 3.8) is 0 Å². The summed E-state index contributed by atoms with van der Waals surface area (Å²) in [6.45, 7) is 0.467. The normalized spacial score (nSPS) is 11.5. The van der Waals surface area contributed by atoms with Crippen molar-refractivity contribution in [2.75, 3.05) is 0 Å². The zero-order valence-electron chi connectivity index (χ0n) is 9.39. The number of aliphatic imine (C=N–C) groups is 1. The Kier molecular flexibility index (Phi) is 5.24. The van der Waals surface area contributed by atoms with E-state index < -0.39 is 0 Å². The van der Waals surface area contributed by atoms with E-state index in [0.29, 0.717) is 11.6 Å². The molecule has 6 heteroatoms. The van der Waals surface area contributed by atoms with E-state index in [1.54, 1.807) is 18.2 Å². The van der Waals surface area contributed by atoms with Gasteiger partial charge >= 0.3 is 0 Å². The van der Waals surface area contributed by atoms with Gasteiger partial charge in [-0.3, -0.25) is 0 Å². The Morgan fingerprint density at radius 1 is 1.39 bits per heavy atom. The van der Waals surface area contributed by atoms with Crippen LogP contribution < -0.4 is 11.1 Å². The van der Waals surface area contributed by atoms with Gasteiger partial charge in [-0.25, -0.2) is 4.99 Å². The van der Waals surface area contributed by atoms with Crippen molar-refractivity contribution in [3.8, 4) is 12.1 Å². The maximum Gasteiger partial charge on any atom is 0.175 e. The fraction of sp³-hybridized carbons (Fsp3) is 0.0833. The zero-order valence-corrected chi connectivity index (χ0v) is 10.1. The van der Waals surface area contributed by atoms with Crippen LogP contribution >= 0.6 is 11.6 Å². The van der Waals surface area contributed by atoms with Crippen molar-refractivity contribution in [2.45, 2.75) is 6.54 Å². The van der Waals surface area contributed by atoms with Crippen molar-refractivity contribution in [2.24, 2.45) is 10.7 Å². The minimum atomic E-state index is -0.215. The smallest absolute Gasteiger partial charge is 0.175 e. The maximum atomic E-state index is 8.69. The van der Waals surface area contributed by atoms with Crippen molar-refractivity contribution in [1.29, 1.82) is 10.5 Å². The summed E-state index contributed by atoms with van der Waals surface area (Å²) in [6, 6.07) is 10.7. The first kappa shape index (κ1) is 13.6. The van der Waals surface area contributed by atoms with Crippen molar-refractivity contribution in [3.05, 3.63) is 46.2 Å². The van der Waals surface area contributed by atoms with Crippen molar-refractivity contribution in [1.82, 2.24) is 5.32 Å². The number of nitrogens with one attached hydrogen (secondary N) is 1. The average Bonchev–Trinajstić information content (AvgIpc) is 2.40. The third-order valence-corrected chi connectivity index (χ3v) is 2.39. The van der Waals surface area contributed by atoms with Crippen LogP contribution in [0.3, 0.4) is 0 Å². The van der Waals surface area contributed by atoms with Crippen LogP contribution in [0, 0.1) is 22.7 Å². The van der Waals surface area contributed by atoms with E-state index in [0.717, 1.165) is 5.56 Å². The predicted octanol–water partition coefficient (Wildman–Crippen LogP) is 1.68. The molecular formula is C12H10ClN5. The summed E-state index contributed by atoms with van der Waals surface area (Å²) in [4.78, 5) is 3.75. The predicted molar refractivity (Wildman–Crippen MR) is 69.2 cm³/mol. The molecule has 0 aliphatic rings. The van der Waals surface area contributed by atoms with E-state index in [2.05, 4.69) is 10.3 Å². The van der Waals surface area contributed by atoms with Crippen molar-refractivity contribution < 1.29 is 0 Å². The van der Waals surface area contributed by atoms with E-state index in [4.69, 9.17) is 27.9 Å². The number of nitrogens with two attached hydrogens (primary N) is 1. The van der Waals surface area contributed by atoms with Crippen LogP contribution in [-0.4, -0.2) is 6.34 Å². The number of halogens is 1. The Morgan fingerprint density at radius 3 is 2.72 bits per heavy atom. The van der Waals surface area contributed by atoms with E-state index in [9.17, 15) is 0 Å². The van der Waals surface area contributed by atoms with E-state index in [-0.39, 0.29) is 11.4 Å². The highest BCUT2D eigenvalue weighted by Crippen LogP contribution is 2.13. The van der Waals surface area contributed by atoms with Gasteiger partial charge in [-0.15, -0.1) is 0 Å². The van der Waals surface area contributed by atoms with E-state index in [1.807, 2.05) is 18.2 Å². The Bertz CT molecular complexity index is 563. The molecule has 0 fully saturated rings. The fourth-order valence-corrected chi connectivity index (χ4v) is 1.32. The maximum absolute atomic E-state index is 8.69. The van der Waals surface area contributed by atoms with Gasteiger partial charge in [-0.05, 0) is 11.6 Å². The monoisotopic (exact) mass is 259 g/mol. The number of hydrogen-bond acceptors (Lipinski definition) is 4. The molecule has 0 saturated heterocycles. The van der Waals surface area contributed by atoms with Gasteiger partial charge in [0.15, 0.2) is 5.70 Å². The largest absolute Gasteiger partial charge is 0.388 e. The van der Waals surface area contributed by atoms with Gasteiger partial charge in [0, 0.05) is 11.6 Å². The molecule has 0 radical (unpaired) electrons. The molecule has 3 N–H and O–H groups in total. The molecule has 0 atom stereocenters. The molecule has 1 rings (SSSR count). The Labute approximate surface area is 110 Å². The standard InChI is InChI=1S/C12H10ClN5/c13-10-4-2-1-3-9(10)7-17-8-18-12(6-15)11(16)5-14/h1-4,8H,7,16H2,(H,17,18)/b12-11-. The molecule has 0 aromatic heterocycles. The van der Waals surface area contributed by atoms with Crippen LogP contribution in [0.25, 0.3) is 0 Å². The van der Waals surface area contributed by atoms with Crippen LogP contribution in [0.5, 0.6) is 0 Å². The minimum Gasteiger partial charge on any atom is -0.388 e. The molecule has 0 saturated carbocycles. The van der Waals surface area contributed by atoms with Crippen LogP contribution in [0.1, 0.15) is 5.56 Å². The van der Waals surface area contributed by atoms with Gasteiger partial charge in [0.05, 0.1) is 6.34 Å². The van der Waals surface area contributed by atoms with Crippen LogP contribution in [0.2, 0.25) is 5.02 Å². The van der Waals surface area contributed by atoms with E-state index >= 15 is 0 Å². The fourth-order valence-electron chi connectivity index (χ4n) is 1.12. The van der Waals surface area contributed by atoms with E-state index in [1.165, 1.54) is 6.34 Å². The van der Waals surface area contributed by atoms with Gasteiger partial charge in [-0.1, -0.05) is 29.8 Å². The molecule has 0 spiro atoms. The second kappa shape index (κ2) is 6.95. The lowest BCUT2D eigenvalue weighted by atomic mass is 10.2. The highest BCUT2D eigenvalue weighted by Gasteiger charge is 1.99. The quantitative estimate of drug-likeness (QED) is 0.488. The van der Waals surface area contributed by atoms with Gasteiger partial charge in [0.1, 0.15) is 17.8 Å². The molecule has 0 unspecified atom stereocenters. The number of allylic oxidation sites excluding steroid dienone is 2. The van der Waals surface area contributed by atoms with Gasteiger partial charge in [0.2, 0.25) is 0 Å². The third-order valence-electron chi connectivity index (χ3n) is 2.02. The van der Waals surface area contributed by atoms with Gasteiger partial charge < -0.3 is 11.1 Å². The molecule has 1 aromatic carbocycles. The minimum absolute atomic E-state index is 0.121. The number of nitriles is 2. The number of benzene rings is 1. The topological polar surface area (TPSA) is 98.0 Å². The van der Waals surface area contributed by atoms with Crippen LogP contribution in [0.15, 0.2) is 40.7 Å². The number of nitrogens with zero attached hydrogens (tertiary/aromatic N) is 3. The summed E-state index contributed by atoms with van der Waals surface area (Å²) in [6.07, 6.45) is 1.31. The second-order valence-electron chi connectivity index (χ2n) is 3.22. The summed E-state index contributed by atoms with van der Waals surface area (Å²) in [5, 5.41) is 20.7. The van der Waals surface area contributed by atoms with Crippen LogP contribution in [0.4, 0.5) is 0 Å². The first-order valence-corrected chi connectivity index (χ1v) is 5.36. The molecule has 0 heterocycles. The summed E-state index contributed by atoms with van der Waals surface area (Å²) in [5.74, 6) is 0. The summed E-state index contributed by atoms with van der Waals surface area (Å²) in [5.41, 5.74) is 5.85. The first-order valence-electron chi connectivity index (χ1n) is 4.98. The molecular weight excluding hydrogens is 250 g/mol. The lowest BCUT2D eigenvalue weighted by molar-refractivity contribution is 0.931. The number of hydrogen-bond donors (Lipinski definition) is 2. The lowest BCUT2D eigenvalue weighted by Crippen LogP contribution is -2.11. The summed E-state index contributed by atoms with van der Waals surface area (Å²) >= 11 is 5.96. The molecule has 0 aliphatic heterocycles. The molecule has 1 aromatic rings. The highest BCUT2D eigenvalue weighted by atomic mass is 35.5. The lowest BCUT2D eigenvalue weighted by Gasteiger charge is -2.02. The molecule has 90 valence electrons. The van der Waals surface area contributed by atoms with Gasteiger partial charge in [-0.2, -0.15) is 10.5 Å². The molecule has 18 heavy (non-hydrogen) atoms. The van der Waals surface area contributed by atoms with Gasteiger partial charge in [0.25, 0.3) is 0 Å². The molecule has 0 amide bonds. The summed E-state index contributed by atoms with van der Waals surface area (Å²) < 4.78 is 0. The molecule has 5 nitrogen and oxygen atoms in total. The van der Waals surface area contributed by atoms with Crippen LogP contribution in [-0.2, 0) is 6.54 Å². The highest BCUT2D eigenvalue weighted by molar-refractivity contribution is 6.31. The Balaban J connectivity index is 2.61. The molecule has 0 aliphatic carbocycles. The number of rotatable bonds is 4. The van der Waals surface area contributed by atoms with Crippen molar-refractivity contribution >= 4 is 17.9 Å². The SMILES string of the molecule is N#C/C(N)=C(C#N)/N=C\NCc1ccccc1Cl. The molecule has 0 bridgehead atoms. The first-order chi connectivity index (χ1) is 8.69. The Morgan fingerprint density at radius 2 is 2.11 bits per heavy atom. The second-order valence-corrected chi connectivity index (χ2v) is 3.62.